The third-order valence-electron chi connectivity index (χ3n) is 3.31. The van der Waals surface area contributed by atoms with Crippen LogP contribution in [0.2, 0.25) is 0 Å². The third-order valence-corrected chi connectivity index (χ3v) is 4.31. The molecule has 0 aromatic heterocycles. The maximum Gasteiger partial charge on any atom is 0.328 e. The summed E-state index contributed by atoms with van der Waals surface area (Å²) in [5.41, 5.74) is 0. The van der Waals surface area contributed by atoms with Crippen LogP contribution in [0.15, 0.2) is 0 Å². The fourth-order valence-corrected chi connectivity index (χ4v) is 3.28. The highest BCUT2D eigenvalue weighted by Crippen LogP contribution is 2.22. The molecule has 6 nitrogen and oxygen atoms in total. The van der Waals surface area contributed by atoms with E-state index in [9.17, 15) is 14.4 Å². The van der Waals surface area contributed by atoms with Crippen molar-refractivity contribution >= 4 is 28.9 Å². The van der Waals surface area contributed by atoms with Gasteiger partial charge in [0.05, 0.1) is 6.61 Å². The molecule has 2 heterocycles. The molecule has 2 fully saturated rings. The number of carbonyl (C=O) groups is 3. The average molecular weight is 286 g/mol. The van der Waals surface area contributed by atoms with Crippen molar-refractivity contribution in [3.05, 3.63) is 0 Å². The Balaban J connectivity index is 1.93. The van der Waals surface area contributed by atoms with Gasteiger partial charge in [-0.1, -0.05) is 11.8 Å². The van der Waals surface area contributed by atoms with Gasteiger partial charge < -0.3 is 15.0 Å². The highest BCUT2D eigenvalue weighted by Gasteiger charge is 2.37. The lowest BCUT2D eigenvalue weighted by Crippen LogP contribution is -2.50. The molecule has 2 amide bonds. The molecule has 0 saturated carbocycles. The number of esters is 1. The highest BCUT2D eigenvalue weighted by molar-refractivity contribution is 8.14. The first kappa shape index (κ1) is 14.2. The number of amides is 2. The Bertz CT molecular complexity index is 388. The molecule has 2 saturated heterocycles. The van der Waals surface area contributed by atoms with Gasteiger partial charge in [0.25, 0.3) is 0 Å². The Morgan fingerprint density at radius 3 is 2.89 bits per heavy atom. The Morgan fingerprint density at radius 2 is 2.26 bits per heavy atom. The van der Waals surface area contributed by atoms with Gasteiger partial charge in [-0.25, -0.2) is 9.59 Å². The fraction of sp³-hybridized carbons (Fsp3) is 0.750. The highest BCUT2D eigenvalue weighted by atomic mass is 32.2. The Labute approximate surface area is 116 Å². The second kappa shape index (κ2) is 6.27. The first-order valence-electron chi connectivity index (χ1n) is 6.54. The second-order valence-corrected chi connectivity index (χ2v) is 5.66. The third kappa shape index (κ3) is 3.20. The van der Waals surface area contributed by atoms with E-state index >= 15 is 0 Å². The minimum absolute atomic E-state index is 0.000215. The molecule has 1 N–H and O–H groups in total. The average Bonchev–Trinajstić information content (AvgIpc) is 2.99. The minimum Gasteiger partial charge on any atom is -0.464 e. The monoisotopic (exact) mass is 286 g/mol. The zero-order valence-electron chi connectivity index (χ0n) is 10.9. The van der Waals surface area contributed by atoms with Crippen LogP contribution in [0.3, 0.4) is 0 Å². The van der Waals surface area contributed by atoms with Crippen LogP contribution in [0.5, 0.6) is 0 Å². The summed E-state index contributed by atoms with van der Waals surface area (Å²) in [5.74, 6) is 0.382. The van der Waals surface area contributed by atoms with Crippen LogP contribution in [-0.2, 0) is 14.3 Å². The van der Waals surface area contributed by atoms with Gasteiger partial charge in [-0.05, 0) is 26.2 Å². The van der Waals surface area contributed by atoms with E-state index in [1.807, 2.05) is 0 Å². The molecular formula is C12H18N2O4S. The molecule has 0 spiro atoms. The van der Waals surface area contributed by atoms with Crippen LogP contribution in [0.4, 0.5) is 4.79 Å². The van der Waals surface area contributed by atoms with Gasteiger partial charge in [0.2, 0.25) is 5.12 Å². The maximum absolute atomic E-state index is 12.1. The Kier molecular flexibility index (Phi) is 4.68. The molecule has 2 atom stereocenters. The number of hydrogen-bond donors (Lipinski definition) is 1. The summed E-state index contributed by atoms with van der Waals surface area (Å²) in [4.78, 5) is 36.8. The molecule has 0 radical (unpaired) electrons. The zero-order chi connectivity index (χ0) is 13.8. The van der Waals surface area contributed by atoms with Crippen molar-refractivity contribution in [3.8, 4) is 0 Å². The first-order chi connectivity index (χ1) is 9.13. The Hall–Kier alpha value is -1.24. The summed E-state index contributed by atoms with van der Waals surface area (Å²) in [6, 6.07) is -1.26. The van der Waals surface area contributed by atoms with Crippen molar-refractivity contribution in [1.82, 2.24) is 10.2 Å². The number of ether oxygens (including phenoxy) is 1. The van der Waals surface area contributed by atoms with Gasteiger partial charge in [-0.2, -0.15) is 0 Å². The number of hydrogen-bond acceptors (Lipinski definition) is 5. The van der Waals surface area contributed by atoms with Crippen molar-refractivity contribution in [2.24, 2.45) is 0 Å². The van der Waals surface area contributed by atoms with Gasteiger partial charge in [-0.3, -0.25) is 4.79 Å². The van der Waals surface area contributed by atoms with Crippen molar-refractivity contribution < 1.29 is 19.1 Å². The van der Waals surface area contributed by atoms with E-state index in [0.29, 0.717) is 26.0 Å². The minimum atomic E-state index is -0.510. The molecule has 19 heavy (non-hydrogen) atoms. The van der Waals surface area contributed by atoms with E-state index in [0.717, 1.165) is 12.2 Å². The normalized spacial score (nSPS) is 26.6. The van der Waals surface area contributed by atoms with Gasteiger partial charge in [0, 0.05) is 12.3 Å². The standard InChI is InChI=1S/C12H18N2O4S/c1-2-18-10(15)9-4-3-6-14(9)12(17)13-8-5-7-19-11(8)16/h8-9H,2-7H2,1H3,(H,13,17). The molecule has 0 aliphatic carbocycles. The van der Waals surface area contributed by atoms with Crippen molar-refractivity contribution in [3.63, 3.8) is 0 Å². The van der Waals surface area contributed by atoms with E-state index in [1.54, 1.807) is 6.92 Å². The van der Waals surface area contributed by atoms with Crippen molar-refractivity contribution in [2.75, 3.05) is 18.9 Å². The number of carbonyl (C=O) groups excluding carboxylic acids is 3. The molecule has 106 valence electrons. The molecular weight excluding hydrogens is 268 g/mol. The lowest BCUT2D eigenvalue weighted by atomic mass is 10.2. The molecule has 2 unspecified atom stereocenters. The van der Waals surface area contributed by atoms with Crippen LogP contribution in [-0.4, -0.2) is 53.0 Å². The van der Waals surface area contributed by atoms with Crippen LogP contribution in [0, 0.1) is 0 Å². The molecule has 2 rings (SSSR count). The summed E-state index contributed by atoms with van der Waals surface area (Å²) in [6.45, 7) is 2.58. The summed E-state index contributed by atoms with van der Waals surface area (Å²) < 4.78 is 4.97. The second-order valence-electron chi connectivity index (χ2n) is 4.56. The summed E-state index contributed by atoms with van der Waals surface area (Å²) in [7, 11) is 0. The van der Waals surface area contributed by atoms with E-state index in [2.05, 4.69) is 5.32 Å². The molecule has 7 heteroatoms. The molecule has 0 aromatic carbocycles. The van der Waals surface area contributed by atoms with Crippen LogP contribution < -0.4 is 5.32 Å². The number of rotatable bonds is 3. The van der Waals surface area contributed by atoms with Gasteiger partial charge in [0.1, 0.15) is 12.1 Å². The summed E-state index contributed by atoms with van der Waals surface area (Å²) in [5, 5.41) is 2.71. The van der Waals surface area contributed by atoms with Gasteiger partial charge in [-0.15, -0.1) is 0 Å². The fourth-order valence-electron chi connectivity index (χ4n) is 2.35. The lowest BCUT2D eigenvalue weighted by Gasteiger charge is -2.24. The number of nitrogens with zero attached hydrogens (tertiary/aromatic N) is 1. The molecule has 0 aromatic rings. The van der Waals surface area contributed by atoms with Gasteiger partial charge >= 0.3 is 12.0 Å². The smallest absolute Gasteiger partial charge is 0.328 e. The van der Waals surface area contributed by atoms with Crippen molar-refractivity contribution in [1.29, 1.82) is 0 Å². The zero-order valence-corrected chi connectivity index (χ0v) is 11.7. The number of thioether (sulfide) groups is 1. The molecule has 0 bridgehead atoms. The summed E-state index contributed by atoms with van der Waals surface area (Å²) in [6.07, 6.45) is 2.07. The Morgan fingerprint density at radius 1 is 1.47 bits per heavy atom. The number of likely N-dealkylation sites (tertiary alicyclic amines) is 1. The van der Waals surface area contributed by atoms with Crippen LogP contribution in [0.25, 0.3) is 0 Å². The van der Waals surface area contributed by atoms with E-state index in [1.165, 1.54) is 16.7 Å². The predicted octanol–water partition coefficient (Wildman–Crippen LogP) is 0.756. The van der Waals surface area contributed by atoms with Crippen LogP contribution >= 0.6 is 11.8 Å². The largest absolute Gasteiger partial charge is 0.464 e. The SMILES string of the molecule is CCOC(=O)C1CCCN1C(=O)NC1CCSC1=O. The van der Waals surface area contributed by atoms with Crippen molar-refractivity contribution in [2.45, 2.75) is 38.3 Å². The maximum atomic E-state index is 12.1. The molecule has 2 aliphatic heterocycles. The van der Waals surface area contributed by atoms with Crippen LogP contribution in [0.1, 0.15) is 26.2 Å². The lowest BCUT2D eigenvalue weighted by molar-refractivity contribution is -0.147. The van der Waals surface area contributed by atoms with Gasteiger partial charge in [0.15, 0.2) is 0 Å². The topological polar surface area (TPSA) is 75.7 Å². The first-order valence-corrected chi connectivity index (χ1v) is 7.52. The van der Waals surface area contributed by atoms with E-state index < -0.39 is 12.1 Å². The predicted molar refractivity (Wildman–Crippen MR) is 70.8 cm³/mol. The summed E-state index contributed by atoms with van der Waals surface area (Å²) >= 11 is 1.24. The van der Waals surface area contributed by atoms with E-state index in [-0.39, 0.29) is 17.1 Å². The van der Waals surface area contributed by atoms with E-state index in [4.69, 9.17) is 4.74 Å². The quantitative estimate of drug-likeness (QED) is 0.775. The molecule has 2 aliphatic rings. The number of urea groups is 1. The number of nitrogens with one attached hydrogen (secondary N) is 1.